The van der Waals surface area contributed by atoms with Crippen LogP contribution < -0.4 is 16.4 Å². The number of anilines is 1. The standard InChI is InChI=1S/C27H35N5O3/c1-19-7-5-12-23(15-19)30-27(35)32-14-13-31(26(34)22-10-3-2-4-11-22)25(32)24(33)29-18-21-9-6-8-20(16-21)17-28/h5-9,12,15-16,22,25H,2-4,10-11,13-14,17-18,28H2,1H3,(H,29,33)(H,30,35). The first-order valence-electron chi connectivity index (χ1n) is 12.5. The molecular weight excluding hydrogens is 442 g/mol. The Morgan fingerprint density at radius 1 is 0.943 bits per heavy atom. The van der Waals surface area contributed by atoms with E-state index in [1.54, 1.807) is 4.90 Å². The number of urea groups is 1. The van der Waals surface area contributed by atoms with Crippen LogP contribution in [0, 0.1) is 12.8 Å². The number of rotatable bonds is 6. The summed E-state index contributed by atoms with van der Waals surface area (Å²) in [6, 6.07) is 14.8. The van der Waals surface area contributed by atoms with Crippen LogP contribution in [-0.4, -0.2) is 46.9 Å². The van der Waals surface area contributed by atoms with Gasteiger partial charge in [0.25, 0.3) is 5.91 Å². The normalized spacial score (nSPS) is 18.4. The Labute approximate surface area is 206 Å². The minimum absolute atomic E-state index is 0.0270. The summed E-state index contributed by atoms with van der Waals surface area (Å²) in [4.78, 5) is 43.1. The number of nitrogens with two attached hydrogens (primary N) is 1. The van der Waals surface area contributed by atoms with E-state index in [1.165, 1.54) is 4.90 Å². The van der Waals surface area contributed by atoms with E-state index in [0.717, 1.165) is 48.8 Å². The Morgan fingerprint density at radius 3 is 2.40 bits per heavy atom. The summed E-state index contributed by atoms with van der Waals surface area (Å²) in [5.74, 6) is -0.467. The number of aryl methyl sites for hydroxylation is 1. The zero-order chi connectivity index (χ0) is 24.8. The topological polar surface area (TPSA) is 108 Å². The number of nitrogens with one attached hydrogen (secondary N) is 2. The van der Waals surface area contributed by atoms with Gasteiger partial charge in [0, 0.05) is 37.8 Å². The van der Waals surface area contributed by atoms with Gasteiger partial charge in [0.1, 0.15) is 0 Å². The molecular formula is C27H35N5O3. The molecule has 35 heavy (non-hydrogen) atoms. The van der Waals surface area contributed by atoms with Gasteiger partial charge in [-0.05, 0) is 48.6 Å². The van der Waals surface area contributed by atoms with Crippen molar-refractivity contribution in [1.29, 1.82) is 0 Å². The average molecular weight is 478 g/mol. The maximum Gasteiger partial charge on any atom is 0.323 e. The van der Waals surface area contributed by atoms with E-state index in [-0.39, 0.29) is 23.8 Å². The van der Waals surface area contributed by atoms with E-state index < -0.39 is 6.17 Å². The summed E-state index contributed by atoms with van der Waals surface area (Å²) >= 11 is 0. The fourth-order valence-corrected chi connectivity index (χ4v) is 5.00. The predicted octanol–water partition coefficient (Wildman–Crippen LogP) is 3.35. The van der Waals surface area contributed by atoms with E-state index in [2.05, 4.69) is 10.6 Å². The molecule has 1 aliphatic carbocycles. The third-order valence-corrected chi connectivity index (χ3v) is 6.87. The molecule has 0 aromatic heterocycles. The molecule has 2 aliphatic rings. The van der Waals surface area contributed by atoms with Crippen molar-refractivity contribution in [2.45, 2.75) is 58.3 Å². The molecule has 0 radical (unpaired) electrons. The van der Waals surface area contributed by atoms with Crippen LogP contribution in [0.25, 0.3) is 0 Å². The average Bonchev–Trinajstić information content (AvgIpc) is 3.33. The molecule has 4 amide bonds. The Kier molecular flexibility index (Phi) is 8.02. The molecule has 4 N–H and O–H groups in total. The zero-order valence-electron chi connectivity index (χ0n) is 20.3. The van der Waals surface area contributed by atoms with Gasteiger partial charge in [0.15, 0.2) is 6.17 Å². The molecule has 0 bridgehead atoms. The molecule has 1 atom stereocenters. The van der Waals surface area contributed by atoms with E-state index >= 15 is 0 Å². The second-order valence-corrected chi connectivity index (χ2v) is 9.48. The van der Waals surface area contributed by atoms with Gasteiger partial charge in [-0.1, -0.05) is 55.7 Å². The largest absolute Gasteiger partial charge is 0.349 e. The summed E-state index contributed by atoms with van der Waals surface area (Å²) < 4.78 is 0. The van der Waals surface area contributed by atoms with Crippen LogP contribution in [0.4, 0.5) is 10.5 Å². The third kappa shape index (κ3) is 6.00. The first-order chi connectivity index (χ1) is 17.0. The number of benzene rings is 2. The maximum absolute atomic E-state index is 13.4. The summed E-state index contributed by atoms with van der Waals surface area (Å²) in [6.45, 7) is 3.31. The summed E-state index contributed by atoms with van der Waals surface area (Å²) in [7, 11) is 0. The molecule has 1 heterocycles. The van der Waals surface area contributed by atoms with Gasteiger partial charge in [-0.25, -0.2) is 4.79 Å². The molecule has 2 aromatic carbocycles. The molecule has 4 rings (SSSR count). The lowest BCUT2D eigenvalue weighted by Crippen LogP contribution is -2.55. The summed E-state index contributed by atoms with van der Waals surface area (Å²) in [6.07, 6.45) is 3.88. The lowest BCUT2D eigenvalue weighted by Gasteiger charge is -2.32. The van der Waals surface area contributed by atoms with Crippen molar-refractivity contribution in [3.8, 4) is 0 Å². The highest BCUT2D eigenvalue weighted by Gasteiger charge is 2.44. The minimum atomic E-state index is -0.980. The Balaban J connectivity index is 1.51. The van der Waals surface area contributed by atoms with Crippen LogP contribution in [0.15, 0.2) is 48.5 Å². The number of hydrogen-bond donors (Lipinski definition) is 3. The maximum atomic E-state index is 13.4. The number of nitrogens with zero attached hydrogens (tertiary/aromatic N) is 2. The fraction of sp³-hybridized carbons (Fsp3) is 0.444. The molecule has 0 spiro atoms. The van der Waals surface area contributed by atoms with Crippen molar-refractivity contribution in [3.63, 3.8) is 0 Å². The van der Waals surface area contributed by atoms with E-state index in [9.17, 15) is 14.4 Å². The van der Waals surface area contributed by atoms with Crippen molar-refractivity contribution in [1.82, 2.24) is 15.1 Å². The molecule has 1 saturated heterocycles. The lowest BCUT2D eigenvalue weighted by molar-refractivity contribution is -0.144. The molecule has 1 unspecified atom stereocenters. The van der Waals surface area contributed by atoms with Crippen LogP contribution in [0.1, 0.15) is 48.8 Å². The van der Waals surface area contributed by atoms with E-state index in [4.69, 9.17) is 5.73 Å². The SMILES string of the molecule is Cc1cccc(NC(=O)N2CCN(C(=O)C3CCCCC3)C2C(=O)NCc2cccc(CN)c2)c1. The highest BCUT2D eigenvalue weighted by atomic mass is 16.2. The molecule has 8 heteroatoms. The number of hydrogen-bond acceptors (Lipinski definition) is 4. The fourth-order valence-electron chi connectivity index (χ4n) is 5.00. The number of carbonyl (C=O) groups excluding carboxylic acids is 3. The van der Waals surface area contributed by atoms with Crippen molar-refractivity contribution in [2.75, 3.05) is 18.4 Å². The van der Waals surface area contributed by atoms with Gasteiger partial charge in [-0.3, -0.25) is 14.5 Å². The van der Waals surface area contributed by atoms with Crippen LogP contribution in [-0.2, 0) is 22.7 Å². The molecule has 2 aromatic rings. The molecule has 1 saturated carbocycles. The number of amides is 4. The van der Waals surface area contributed by atoms with Crippen LogP contribution in [0.2, 0.25) is 0 Å². The lowest BCUT2D eigenvalue weighted by atomic mass is 9.88. The molecule has 186 valence electrons. The van der Waals surface area contributed by atoms with E-state index in [1.807, 2.05) is 55.5 Å². The van der Waals surface area contributed by atoms with Crippen molar-refractivity contribution >= 4 is 23.5 Å². The highest BCUT2D eigenvalue weighted by molar-refractivity contribution is 5.96. The summed E-state index contributed by atoms with van der Waals surface area (Å²) in [5, 5.41) is 5.84. The van der Waals surface area contributed by atoms with Gasteiger partial charge in [0.2, 0.25) is 5.91 Å². The monoisotopic (exact) mass is 477 g/mol. The van der Waals surface area contributed by atoms with Gasteiger partial charge in [-0.15, -0.1) is 0 Å². The van der Waals surface area contributed by atoms with Crippen LogP contribution >= 0.6 is 0 Å². The van der Waals surface area contributed by atoms with Crippen molar-refractivity contribution in [2.24, 2.45) is 11.7 Å². The highest BCUT2D eigenvalue weighted by Crippen LogP contribution is 2.28. The molecule has 8 nitrogen and oxygen atoms in total. The predicted molar refractivity (Wildman–Crippen MR) is 135 cm³/mol. The summed E-state index contributed by atoms with van der Waals surface area (Å²) in [5.41, 5.74) is 9.31. The third-order valence-electron chi connectivity index (χ3n) is 6.87. The first-order valence-corrected chi connectivity index (χ1v) is 12.5. The quantitative estimate of drug-likeness (QED) is 0.593. The Hall–Kier alpha value is -3.39. The van der Waals surface area contributed by atoms with Gasteiger partial charge < -0.3 is 21.3 Å². The van der Waals surface area contributed by atoms with E-state index in [0.29, 0.717) is 31.9 Å². The zero-order valence-corrected chi connectivity index (χ0v) is 20.3. The Bertz CT molecular complexity index is 1070. The van der Waals surface area contributed by atoms with Gasteiger partial charge in [-0.2, -0.15) is 0 Å². The van der Waals surface area contributed by atoms with Gasteiger partial charge >= 0.3 is 6.03 Å². The number of carbonyl (C=O) groups is 3. The second-order valence-electron chi connectivity index (χ2n) is 9.48. The molecule has 2 fully saturated rings. The smallest absolute Gasteiger partial charge is 0.323 e. The van der Waals surface area contributed by atoms with Gasteiger partial charge in [0.05, 0.1) is 0 Å². The Morgan fingerprint density at radius 2 is 1.66 bits per heavy atom. The first kappa shape index (κ1) is 24.7. The second kappa shape index (κ2) is 11.4. The van der Waals surface area contributed by atoms with Crippen LogP contribution in [0.5, 0.6) is 0 Å². The molecule has 1 aliphatic heterocycles. The van der Waals surface area contributed by atoms with Crippen molar-refractivity contribution in [3.05, 3.63) is 65.2 Å². The minimum Gasteiger partial charge on any atom is -0.349 e. The van der Waals surface area contributed by atoms with Crippen LogP contribution in [0.3, 0.4) is 0 Å². The van der Waals surface area contributed by atoms with Crippen molar-refractivity contribution < 1.29 is 14.4 Å².